The van der Waals surface area contributed by atoms with Crippen LogP contribution in [0.15, 0.2) is 65.8 Å². The average Bonchev–Trinajstić information content (AvgIpc) is 3.34. The average molecular weight is 368 g/mol. The molecule has 2 heterocycles. The van der Waals surface area contributed by atoms with E-state index in [9.17, 15) is 8.42 Å². The molecular formula is C19H20N4O2S. The maximum Gasteiger partial charge on any atom is 0.243 e. The highest BCUT2D eigenvalue weighted by Crippen LogP contribution is 2.28. The number of sulfonamides is 1. The van der Waals surface area contributed by atoms with Gasteiger partial charge in [-0.3, -0.25) is 0 Å². The number of aromatic nitrogens is 3. The summed E-state index contributed by atoms with van der Waals surface area (Å²) in [4.78, 5) is 1.91. The van der Waals surface area contributed by atoms with Crippen molar-refractivity contribution in [2.45, 2.75) is 24.3 Å². The lowest BCUT2D eigenvalue weighted by molar-refractivity contribution is 0.402. The van der Waals surface area contributed by atoms with Gasteiger partial charge >= 0.3 is 0 Å². The highest BCUT2D eigenvalue weighted by Gasteiger charge is 2.34. The SMILES string of the molecule is Cc1ccc(-c2ccc(S(=O)(=O)N3CCC(n4nccn4)C3)cc2)cc1. The number of rotatable bonds is 4. The summed E-state index contributed by atoms with van der Waals surface area (Å²) in [6.45, 7) is 2.92. The molecule has 1 aromatic heterocycles. The summed E-state index contributed by atoms with van der Waals surface area (Å²) in [7, 11) is -3.50. The first-order valence-electron chi connectivity index (χ1n) is 8.57. The number of aryl methyl sites for hydroxylation is 1. The molecule has 0 amide bonds. The van der Waals surface area contributed by atoms with Crippen LogP contribution in [0, 0.1) is 6.92 Å². The van der Waals surface area contributed by atoms with E-state index in [0.717, 1.165) is 17.5 Å². The van der Waals surface area contributed by atoms with Gasteiger partial charge in [-0.25, -0.2) is 8.42 Å². The Bertz CT molecular complexity index is 981. The number of benzene rings is 2. The molecule has 26 heavy (non-hydrogen) atoms. The summed E-state index contributed by atoms with van der Waals surface area (Å²) < 4.78 is 27.4. The Morgan fingerprint density at radius 1 is 0.923 bits per heavy atom. The predicted octanol–water partition coefficient (Wildman–Crippen LogP) is 2.89. The smallest absolute Gasteiger partial charge is 0.207 e. The summed E-state index contributed by atoms with van der Waals surface area (Å²) in [6.07, 6.45) is 3.94. The highest BCUT2D eigenvalue weighted by atomic mass is 32.2. The molecule has 0 saturated carbocycles. The van der Waals surface area contributed by atoms with Crippen molar-refractivity contribution in [3.05, 3.63) is 66.5 Å². The van der Waals surface area contributed by atoms with E-state index in [-0.39, 0.29) is 6.04 Å². The molecule has 134 valence electrons. The Labute approximate surface area is 153 Å². The van der Waals surface area contributed by atoms with Crippen LogP contribution in [0.1, 0.15) is 18.0 Å². The first kappa shape index (κ1) is 16.9. The first-order valence-corrected chi connectivity index (χ1v) is 10.0. The van der Waals surface area contributed by atoms with Crippen molar-refractivity contribution in [1.82, 2.24) is 19.3 Å². The van der Waals surface area contributed by atoms with Crippen LogP contribution in [-0.2, 0) is 10.0 Å². The summed E-state index contributed by atoms with van der Waals surface area (Å²) in [5.41, 5.74) is 3.28. The van der Waals surface area contributed by atoms with Crippen molar-refractivity contribution in [2.75, 3.05) is 13.1 Å². The van der Waals surface area contributed by atoms with Gasteiger partial charge in [-0.2, -0.15) is 19.3 Å². The molecule has 0 N–H and O–H groups in total. The Morgan fingerprint density at radius 2 is 1.50 bits per heavy atom. The Morgan fingerprint density at radius 3 is 2.12 bits per heavy atom. The van der Waals surface area contributed by atoms with Gasteiger partial charge in [-0.05, 0) is 36.6 Å². The fourth-order valence-electron chi connectivity index (χ4n) is 3.25. The van der Waals surface area contributed by atoms with Gasteiger partial charge in [0.25, 0.3) is 0 Å². The predicted molar refractivity (Wildman–Crippen MR) is 99.0 cm³/mol. The van der Waals surface area contributed by atoms with Crippen LogP contribution in [0.3, 0.4) is 0 Å². The van der Waals surface area contributed by atoms with Crippen molar-refractivity contribution in [3.63, 3.8) is 0 Å². The fraction of sp³-hybridized carbons (Fsp3) is 0.263. The Kier molecular flexibility index (Phi) is 4.34. The molecule has 0 radical (unpaired) electrons. The van der Waals surface area contributed by atoms with E-state index in [1.165, 1.54) is 9.87 Å². The van der Waals surface area contributed by atoms with E-state index in [1.807, 2.05) is 43.3 Å². The van der Waals surface area contributed by atoms with E-state index in [4.69, 9.17) is 0 Å². The largest absolute Gasteiger partial charge is 0.243 e. The van der Waals surface area contributed by atoms with E-state index in [0.29, 0.717) is 18.0 Å². The van der Waals surface area contributed by atoms with Gasteiger partial charge in [0, 0.05) is 13.1 Å². The van der Waals surface area contributed by atoms with Gasteiger partial charge in [-0.1, -0.05) is 42.0 Å². The monoisotopic (exact) mass is 368 g/mol. The van der Waals surface area contributed by atoms with Crippen LogP contribution in [-0.4, -0.2) is 40.8 Å². The third-order valence-corrected chi connectivity index (χ3v) is 6.65. The molecule has 1 aliphatic rings. The molecule has 0 bridgehead atoms. The molecule has 1 saturated heterocycles. The zero-order valence-electron chi connectivity index (χ0n) is 14.5. The molecule has 1 atom stereocenters. The molecule has 2 aromatic carbocycles. The molecular weight excluding hydrogens is 348 g/mol. The Hall–Kier alpha value is -2.51. The van der Waals surface area contributed by atoms with Crippen LogP contribution < -0.4 is 0 Å². The zero-order chi connectivity index (χ0) is 18.1. The van der Waals surface area contributed by atoms with E-state index >= 15 is 0 Å². The maximum absolute atomic E-state index is 12.9. The standard InChI is InChI=1S/C19H20N4O2S/c1-15-2-4-16(5-3-15)17-6-8-19(9-7-17)26(24,25)22-13-10-18(14-22)23-20-11-12-21-23/h2-9,11-12,18H,10,13-14H2,1H3. The number of nitrogens with zero attached hydrogens (tertiary/aromatic N) is 4. The summed E-state index contributed by atoms with van der Waals surface area (Å²) in [6, 6.07) is 15.3. The lowest BCUT2D eigenvalue weighted by atomic mass is 10.0. The third kappa shape index (κ3) is 3.15. The van der Waals surface area contributed by atoms with Gasteiger partial charge in [0.15, 0.2) is 0 Å². The second kappa shape index (κ2) is 6.66. The fourth-order valence-corrected chi connectivity index (χ4v) is 4.74. The van der Waals surface area contributed by atoms with Gasteiger partial charge in [0.2, 0.25) is 10.0 Å². The topological polar surface area (TPSA) is 68.1 Å². The zero-order valence-corrected chi connectivity index (χ0v) is 15.3. The van der Waals surface area contributed by atoms with Crippen molar-refractivity contribution in [3.8, 4) is 11.1 Å². The summed E-state index contributed by atoms with van der Waals surface area (Å²) in [5.74, 6) is 0. The van der Waals surface area contributed by atoms with Gasteiger partial charge in [-0.15, -0.1) is 0 Å². The molecule has 1 fully saturated rings. The molecule has 7 heteroatoms. The normalized spacial score (nSPS) is 18.3. The Balaban J connectivity index is 1.54. The van der Waals surface area contributed by atoms with Crippen LogP contribution in [0.4, 0.5) is 0 Å². The molecule has 1 unspecified atom stereocenters. The van der Waals surface area contributed by atoms with Crippen molar-refractivity contribution < 1.29 is 8.42 Å². The second-order valence-corrected chi connectivity index (χ2v) is 8.48. The van der Waals surface area contributed by atoms with E-state index < -0.39 is 10.0 Å². The number of hydrogen-bond acceptors (Lipinski definition) is 4. The summed E-state index contributed by atoms with van der Waals surface area (Å²) in [5, 5.41) is 8.25. The quantitative estimate of drug-likeness (QED) is 0.710. The van der Waals surface area contributed by atoms with Crippen LogP contribution in [0.2, 0.25) is 0 Å². The minimum atomic E-state index is -3.50. The van der Waals surface area contributed by atoms with Crippen LogP contribution >= 0.6 is 0 Å². The highest BCUT2D eigenvalue weighted by molar-refractivity contribution is 7.89. The lowest BCUT2D eigenvalue weighted by Gasteiger charge is -2.16. The maximum atomic E-state index is 12.9. The molecule has 0 spiro atoms. The minimum absolute atomic E-state index is 0.00777. The first-order chi connectivity index (χ1) is 12.5. The van der Waals surface area contributed by atoms with E-state index in [2.05, 4.69) is 10.2 Å². The lowest BCUT2D eigenvalue weighted by Crippen LogP contribution is -2.29. The summed E-state index contributed by atoms with van der Waals surface area (Å²) >= 11 is 0. The van der Waals surface area contributed by atoms with Crippen molar-refractivity contribution in [2.24, 2.45) is 0 Å². The van der Waals surface area contributed by atoms with E-state index in [1.54, 1.807) is 29.3 Å². The van der Waals surface area contributed by atoms with Gasteiger partial charge < -0.3 is 0 Å². The minimum Gasteiger partial charge on any atom is -0.207 e. The second-order valence-electron chi connectivity index (χ2n) is 6.55. The molecule has 4 rings (SSSR count). The van der Waals surface area contributed by atoms with Crippen molar-refractivity contribution in [1.29, 1.82) is 0 Å². The number of hydrogen-bond donors (Lipinski definition) is 0. The van der Waals surface area contributed by atoms with Crippen LogP contribution in [0.5, 0.6) is 0 Å². The molecule has 0 aliphatic carbocycles. The van der Waals surface area contributed by atoms with Gasteiger partial charge in [0.1, 0.15) is 0 Å². The molecule has 1 aliphatic heterocycles. The molecule has 6 nitrogen and oxygen atoms in total. The molecule has 3 aromatic rings. The third-order valence-electron chi connectivity index (χ3n) is 4.77. The van der Waals surface area contributed by atoms with Gasteiger partial charge in [0.05, 0.1) is 23.3 Å². The van der Waals surface area contributed by atoms with Crippen LogP contribution in [0.25, 0.3) is 11.1 Å². The van der Waals surface area contributed by atoms with Crippen molar-refractivity contribution >= 4 is 10.0 Å².